The first-order valence-electron chi connectivity index (χ1n) is 7.70. The van der Waals surface area contributed by atoms with Crippen LogP contribution in [0.2, 0.25) is 0 Å². The molecule has 2 nitrogen and oxygen atoms in total. The Kier molecular flexibility index (Phi) is 11.0. The second-order valence-corrected chi connectivity index (χ2v) is 5.37. The molecule has 0 atom stereocenters. The topological polar surface area (TPSA) is 20.2 Å². The molecule has 0 aromatic carbocycles. The van der Waals surface area contributed by atoms with Crippen molar-refractivity contribution in [1.29, 1.82) is 0 Å². The smallest absolute Gasteiger partial charge is 0.0786 e. The lowest BCUT2D eigenvalue weighted by Gasteiger charge is -2.38. The van der Waals surface area contributed by atoms with Crippen molar-refractivity contribution < 1.29 is 9.59 Å². The Morgan fingerprint density at radius 1 is 0.647 bits per heavy atom. The molecule has 17 heavy (non-hydrogen) atoms. The molecule has 0 fully saturated rings. The van der Waals surface area contributed by atoms with Gasteiger partial charge in [-0.1, -0.05) is 27.2 Å². The number of rotatable bonds is 12. The van der Waals surface area contributed by atoms with Gasteiger partial charge in [0.15, 0.2) is 0 Å². The van der Waals surface area contributed by atoms with E-state index in [0.717, 1.165) is 6.42 Å². The molecule has 1 N–H and O–H groups in total. The maximum atomic E-state index is 8.77. The molecule has 0 spiro atoms. The Bertz CT molecular complexity index is 142. The maximum Gasteiger partial charge on any atom is 0.0786 e. The van der Waals surface area contributed by atoms with Crippen LogP contribution in [0, 0.1) is 0 Å². The summed E-state index contributed by atoms with van der Waals surface area (Å²) in [5.41, 5.74) is 0. The van der Waals surface area contributed by atoms with Gasteiger partial charge in [0.2, 0.25) is 0 Å². The van der Waals surface area contributed by atoms with E-state index in [4.69, 9.17) is 5.11 Å². The predicted molar refractivity (Wildman–Crippen MR) is 76.2 cm³/mol. The fourth-order valence-electron chi connectivity index (χ4n) is 3.01. The lowest BCUT2D eigenvalue weighted by molar-refractivity contribution is -0.928. The summed E-state index contributed by atoms with van der Waals surface area (Å²) in [6.07, 6.45) is 8.71. The minimum Gasteiger partial charge on any atom is -0.396 e. The number of quaternary nitrogens is 1. The largest absolute Gasteiger partial charge is 0.396 e. The van der Waals surface area contributed by atoms with Gasteiger partial charge < -0.3 is 9.59 Å². The molecule has 0 aliphatic heterocycles. The molecule has 2 heteroatoms. The van der Waals surface area contributed by atoms with Crippen molar-refractivity contribution in [3.63, 3.8) is 0 Å². The van der Waals surface area contributed by atoms with E-state index in [1.165, 1.54) is 69.2 Å². The third kappa shape index (κ3) is 7.77. The monoisotopic (exact) mass is 244 g/mol. The van der Waals surface area contributed by atoms with Crippen molar-refractivity contribution in [2.24, 2.45) is 0 Å². The first-order chi connectivity index (χ1) is 8.24. The molecule has 0 heterocycles. The second kappa shape index (κ2) is 11.0. The quantitative estimate of drug-likeness (QED) is 0.411. The van der Waals surface area contributed by atoms with E-state index in [9.17, 15) is 0 Å². The van der Waals surface area contributed by atoms with Crippen molar-refractivity contribution in [2.45, 2.75) is 65.7 Å². The van der Waals surface area contributed by atoms with Gasteiger partial charge in [-0.05, 0) is 38.5 Å². The van der Waals surface area contributed by atoms with Crippen molar-refractivity contribution in [3.8, 4) is 0 Å². The molecule has 0 aromatic heterocycles. The van der Waals surface area contributed by atoms with Crippen LogP contribution >= 0.6 is 0 Å². The van der Waals surface area contributed by atoms with Crippen LogP contribution in [0.1, 0.15) is 65.7 Å². The molecule has 0 saturated carbocycles. The average Bonchev–Trinajstić information content (AvgIpc) is 2.30. The van der Waals surface area contributed by atoms with Crippen LogP contribution in [0.3, 0.4) is 0 Å². The molecule has 0 unspecified atom stereocenters. The Morgan fingerprint density at radius 3 is 1.53 bits per heavy atom. The molecule has 0 amide bonds. The SMILES string of the molecule is CCC[N+](CCC)(CCC)CCCCCCO. The van der Waals surface area contributed by atoms with Crippen LogP contribution in [0.4, 0.5) is 0 Å². The van der Waals surface area contributed by atoms with Crippen molar-refractivity contribution >= 4 is 0 Å². The first kappa shape index (κ1) is 16.9. The van der Waals surface area contributed by atoms with E-state index in [0.29, 0.717) is 6.61 Å². The highest BCUT2D eigenvalue weighted by Crippen LogP contribution is 2.14. The number of hydrogen-bond acceptors (Lipinski definition) is 1. The van der Waals surface area contributed by atoms with Gasteiger partial charge >= 0.3 is 0 Å². The summed E-state index contributed by atoms with van der Waals surface area (Å²) in [4.78, 5) is 0. The van der Waals surface area contributed by atoms with Crippen LogP contribution in [-0.2, 0) is 0 Å². The highest BCUT2D eigenvalue weighted by molar-refractivity contribution is 4.48. The Morgan fingerprint density at radius 2 is 1.12 bits per heavy atom. The molecular weight excluding hydrogens is 210 g/mol. The lowest BCUT2D eigenvalue weighted by atomic mass is 10.1. The lowest BCUT2D eigenvalue weighted by Crippen LogP contribution is -2.50. The first-order valence-corrected chi connectivity index (χ1v) is 7.70. The van der Waals surface area contributed by atoms with Gasteiger partial charge in [-0.15, -0.1) is 0 Å². The fraction of sp³-hybridized carbons (Fsp3) is 1.00. The van der Waals surface area contributed by atoms with Crippen LogP contribution in [-0.4, -0.2) is 42.4 Å². The van der Waals surface area contributed by atoms with E-state index in [-0.39, 0.29) is 0 Å². The number of nitrogens with zero attached hydrogens (tertiary/aromatic N) is 1. The highest BCUT2D eigenvalue weighted by Gasteiger charge is 2.23. The number of unbranched alkanes of at least 4 members (excludes halogenated alkanes) is 3. The second-order valence-electron chi connectivity index (χ2n) is 5.37. The highest BCUT2D eigenvalue weighted by atomic mass is 16.2. The summed E-state index contributed by atoms with van der Waals surface area (Å²) in [6.45, 7) is 12.7. The molecule has 0 radical (unpaired) electrons. The molecule has 0 aliphatic rings. The number of aliphatic hydroxyl groups excluding tert-OH is 1. The van der Waals surface area contributed by atoms with Gasteiger partial charge in [-0.25, -0.2) is 0 Å². The molecule has 0 aromatic rings. The fourth-order valence-corrected chi connectivity index (χ4v) is 3.01. The van der Waals surface area contributed by atoms with E-state index < -0.39 is 0 Å². The predicted octanol–water partition coefficient (Wildman–Crippen LogP) is 3.59. The summed E-state index contributed by atoms with van der Waals surface area (Å²) in [5.74, 6) is 0. The third-order valence-corrected chi connectivity index (χ3v) is 3.63. The molecule has 0 saturated heterocycles. The zero-order valence-corrected chi connectivity index (χ0v) is 12.4. The van der Waals surface area contributed by atoms with Gasteiger partial charge in [-0.3, -0.25) is 0 Å². The summed E-state index contributed by atoms with van der Waals surface area (Å²) in [6, 6.07) is 0. The third-order valence-electron chi connectivity index (χ3n) is 3.63. The summed E-state index contributed by atoms with van der Waals surface area (Å²) >= 11 is 0. The Labute approximate surface area is 109 Å². The van der Waals surface area contributed by atoms with Crippen molar-refractivity contribution in [1.82, 2.24) is 0 Å². The van der Waals surface area contributed by atoms with E-state index in [1.807, 2.05) is 0 Å². The van der Waals surface area contributed by atoms with Gasteiger partial charge in [0.1, 0.15) is 0 Å². The van der Waals surface area contributed by atoms with Gasteiger partial charge in [0.05, 0.1) is 26.2 Å². The van der Waals surface area contributed by atoms with Gasteiger partial charge in [0, 0.05) is 6.61 Å². The van der Waals surface area contributed by atoms with Crippen LogP contribution in [0.15, 0.2) is 0 Å². The van der Waals surface area contributed by atoms with E-state index >= 15 is 0 Å². The maximum absolute atomic E-state index is 8.77. The molecule has 0 bridgehead atoms. The van der Waals surface area contributed by atoms with Crippen LogP contribution in [0.25, 0.3) is 0 Å². The average molecular weight is 244 g/mol. The standard InChI is InChI=1S/C15H34NO/c1-4-11-16(12-5-2,13-6-3)14-9-7-8-10-15-17/h17H,4-15H2,1-3H3/q+1. The zero-order valence-electron chi connectivity index (χ0n) is 12.4. The van der Waals surface area contributed by atoms with Gasteiger partial charge in [-0.2, -0.15) is 0 Å². The van der Waals surface area contributed by atoms with Gasteiger partial charge in [0.25, 0.3) is 0 Å². The molecule has 104 valence electrons. The zero-order chi connectivity index (χ0) is 13.0. The number of aliphatic hydroxyl groups is 1. The summed E-state index contributed by atoms with van der Waals surface area (Å²) in [5, 5.41) is 8.77. The van der Waals surface area contributed by atoms with E-state index in [1.54, 1.807) is 0 Å². The summed E-state index contributed by atoms with van der Waals surface area (Å²) in [7, 11) is 0. The van der Waals surface area contributed by atoms with Crippen molar-refractivity contribution in [2.75, 3.05) is 32.8 Å². The van der Waals surface area contributed by atoms with Crippen molar-refractivity contribution in [3.05, 3.63) is 0 Å². The summed E-state index contributed by atoms with van der Waals surface area (Å²) < 4.78 is 1.34. The Hall–Kier alpha value is -0.0800. The normalized spacial score (nSPS) is 12.0. The minimum absolute atomic E-state index is 0.360. The number of hydrogen-bond donors (Lipinski definition) is 1. The van der Waals surface area contributed by atoms with Crippen LogP contribution in [0.5, 0.6) is 0 Å². The minimum atomic E-state index is 0.360. The van der Waals surface area contributed by atoms with E-state index in [2.05, 4.69) is 20.8 Å². The van der Waals surface area contributed by atoms with Crippen LogP contribution < -0.4 is 0 Å². The Balaban J connectivity index is 4.05. The molecule has 0 rings (SSSR count). The molecule has 0 aliphatic carbocycles. The molecular formula is C15H34NO+.